The van der Waals surface area contributed by atoms with Crippen LogP contribution in [0.3, 0.4) is 0 Å². The topological polar surface area (TPSA) is 137 Å². The van der Waals surface area contributed by atoms with Gasteiger partial charge in [0.05, 0.1) is 18.4 Å². The Bertz CT molecular complexity index is 1870. The Hall–Kier alpha value is -5.76. The lowest BCUT2D eigenvalue weighted by Crippen LogP contribution is -2.35. The van der Waals surface area contributed by atoms with Crippen LogP contribution in [0.2, 0.25) is 0 Å². The number of carbonyl (C=O) groups excluding carboxylic acids is 3. The average Bonchev–Trinajstić information content (AvgIpc) is 3.46. The number of ether oxygens (including phenoxy) is 2. The normalized spacial score (nSPS) is 14.1. The second-order valence-corrected chi connectivity index (χ2v) is 10.4. The second kappa shape index (κ2) is 15.0. The number of fused-ring (bicyclic) bond motifs is 1. The third-order valence-corrected chi connectivity index (χ3v) is 6.86. The Morgan fingerprint density at radius 1 is 1.04 bits per heavy atom. The maximum atomic E-state index is 14.9. The lowest BCUT2D eigenvalue weighted by atomic mass is 10.1. The highest BCUT2D eigenvalue weighted by atomic mass is 19.1. The van der Waals surface area contributed by atoms with Crippen LogP contribution in [0.15, 0.2) is 84.7 Å². The molecule has 2 aromatic carbocycles. The zero-order chi connectivity index (χ0) is 33.3. The molecule has 2 aromatic heterocycles. The lowest BCUT2D eigenvalue weighted by molar-refractivity contribution is -0.513. The van der Waals surface area contributed by atoms with E-state index < -0.39 is 35.8 Å². The summed E-state index contributed by atoms with van der Waals surface area (Å²) in [5.74, 6) is -2.13. The molecule has 0 aliphatic carbocycles. The number of hydrogen-bond acceptors (Lipinski definition) is 6. The van der Waals surface area contributed by atoms with Crippen LogP contribution in [0.25, 0.3) is 11.0 Å². The zero-order valence-electron chi connectivity index (χ0n) is 24.9. The molecule has 0 saturated carbocycles. The van der Waals surface area contributed by atoms with Gasteiger partial charge in [-0.05, 0) is 54.5 Å². The number of aromatic amines is 1. The first-order chi connectivity index (χ1) is 22.7. The number of imide groups is 1. The predicted molar refractivity (Wildman–Crippen MR) is 167 cm³/mol. The van der Waals surface area contributed by atoms with Gasteiger partial charge in [0.15, 0.2) is 17.8 Å². The van der Waals surface area contributed by atoms with Gasteiger partial charge in [-0.1, -0.05) is 12.1 Å². The largest absolute Gasteiger partial charge is 0.453 e. The van der Waals surface area contributed by atoms with Crippen molar-refractivity contribution in [3.05, 3.63) is 108 Å². The van der Waals surface area contributed by atoms with Crippen LogP contribution in [-0.2, 0) is 27.4 Å². The number of rotatable bonds is 12. The van der Waals surface area contributed by atoms with Crippen LogP contribution in [-0.4, -0.2) is 58.6 Å². The molecule has 1 unspecified atom stereocenters. The number of halogens is 3. The second-order valence-electron chi connectivity index (χ2n) is 10.4. The van der Waals surface area contributed by atoms with Gasteiger partial charge in [0.1, 0.15) is 29.5 Å². The van der Waals surface area contributed by atoms with Crippen molar-refractivity contribution in [1.29, 1.82) is 0 Å². The standard InChI is InChI=1S/C33H29F3N6O5/c1-42-14-2-4-24(30(42)36)32(44)38-12-3-15-46-19-23-17-25-27(11-13-37-31(25)39-23)47-28-10-9-22(18-26(28)35)40-33(45)41-29(43)16-20-5-7-21(34)8-6-20/h2,4-11,13-14,17-18,30H,1,3,12,15-16,19H2,(H3-,37,38,39,40,41,43,44,45)/p+1. The molecule has 242 valence electrons. The molecule has 0 spiro atoms. The molecule has 11 nitrogen and oxygen atoms in total. The third-order valence-electron chi connectivity index (χ3n) is 6.86. The Labute approximate surface area is 266 Å². The lowest BCUT2D eigenvalue weighted by Gasteiger charge is -2.11. The van der Waals surface area contributed by atoms with Crippen molar-refractivity contribution in [2.75, 3.05) is 18.5 Å². The van der Waals surface area contributed by atoms with Gasteiger partial charge < -0.3 is 25.1 Å². The number of anilines is 1. The number of carbonyl (C=O) groups is 3. The number of allylic oxidation sites excluding steroid dienone is 2. The molecule has 0 radical (unpaired) electrons. The summed E-state index contributed by atoms with van der Waals surface area (Å²) in [7, 11) is 0. The fourth-order valence-corrected chi connectivity index (χ4v) is 4.56. The minimum Gasteiger partial charge on any atom is -0.453 e. The van der Waals surface area contributed by atoms with Gasteiger partial charge in [-0.25, -0.2) is 18.6 Å². The van der Waals surface area contributed by atoms with Gasteiger partial charge in [0.25, 0.3) is 5.91 Å². The number of nitrogens with one attached hydrogen (secondary N) is 4. The number of benzene rings is 2. The molecule has 0 fully saturated rings. The van der Waals surface area contributed by atoms with Crippen molar-refractivity contribution in [2.45, 2.75) is 25.7 Å². The molecule has 0 saturated heterocycles. The van der Waals surface area contributed by atoms with Gasteiger partial charge in [-0.2, -0.15) is 8.97 Å². The van der Waals surface area contributed by atoms with E-state index in [0.717, 1.165) is 10.6 Å². The minimum atomic E-state index is -1.60. The molecule has 1 aliphatic rings. The van der Waals surface area contributed by atoms with Crippen molar-refractivity contribution in [3.63, 3.8) is 0 Å². The van der Waals surface area contributed by atoms with E-state index in [0.29, 0.717) is 41.1 Å². The van der Waals surface area contributed by atoms with Gasteiger partial charge in [-0.3, -0.25) is 14.9 Å². The first kappa shape index (κ1) is 32.6. The highest BCUT2D eigenvalue weighted by molar-refractivity contribution is 6.01. The van der Waals surface area contributed by atoms with E-state index in [1.165, 1.54) is 54.9 Å². The number of urea groups is 1. The number of H-pyrrole nitrogens is 1. The Balaban J connectivity index is 1.09. The van der Waals surface area contributed by atoms with Crippen LogP contribution in [0.4, 0.5) is 23.7 Å². The number of nitrogens with zero attached hydrogens (tertiary/aromatic N) is 2. The number of pyridine rings is 1. The van der Waals surface area contributed by atoms with E-state index >= 15 is 0 Å². The molecule has 5 rings (SSSR count). The third kappa shape index (κ3) is 8.70. The highest BCUT2D eigenvalue weighted by Gasteiger charge is 2.29. The van der Waals surface area contributed by atoms with Crippen LogP contribution in [0.5, 0.6) is 11.5 Å². The van der Waals surface area contributed by atoms with E-state index in [-0.39, 0.29) is 36.6 Å². The summed E-state index contributed by atoms with van der Waals surface area (Å²) >= 11 is 0. The molecule has 4 aromatic rings. The number of alkyl halides is 1. The Kier molecular flexibility index (Phi) is 10.4. The molecule has 3 heterocycles. The molecule has 0 bridgehead atoms. The molecule has 4 amide bonds. The van der Waals surface area contributed by atoms with E-state index in [1.807, 2.05) is 0 Å². The Morgan fingerprint density at radius 3 is 2.64 bits per heavy atom. The molecule has 1 atom stereocenters. The van der Waals surface area contributed by atoms with Crippen molar-refractivity contribution in [2.24, 2.45) is 0 Å². The van der Waals surface area contributed by atoms with Crippen LogP contribution >= 0.6 is 0 Å². The predicted octanol–water partition coefficient (Wildman–Crippen LogP) is 5.01. The minimum absolute atomic E-state index is 0.0177. The molecule has 1 aliphatic heterocycles. The quantitative estimate of drug-likeness (QED) is 0.0970. The average molecular weight is 648 g/mol. The van der Waals surface area contributed by atoms with Gasteiger partial charge in [-0.15, -0.1) is 0 Å². The molecular formula is C33H30F3N6O5+. The first-order valence-corrected chi connectivity index (χ1v) is 14.4. The molecule has 4 N–H and O–H groups in total. The number of amides is 4. The van der Waals surface area contributed by atoms with Crippen molar-refractivity contribution >= 4 is 41.3 Å². The smallest absolute Gasteiger partial charge is 0.330 e. The summed E-state index contributed by atoms with van der Waals surface area (Å²) in [6.07, 6.45) is 4.64. The number of hydrogen-bond donors (Lipinski definition) is 4. The van der Waals surface area contributed by atoms with Gasteiger partial charge in [0.2, 0.25) is 5.91 Å². The summed E-state index contributed by atoms with van der Waals surface area (Å²) in [6.45, 7) is 4.31. The summed E-state index contributed by atoms with van der Waals surface area (Å²) < 4.78 is 54.7. The molecule has 14 heteroatoms. The maximum absolute atomic E-state index is 14.9. The summed E-state index contributed by atoms with van der Waals surface area (Å²) in [6, 6.07) is 11.5. The van der Waals surface area contributed by atoms with Crippen LogP contribution in [0, 0.1) is 11.6 Å². The summed E-state index contributed by atoms with van der Waals surface area (Å²) in [4.78, 5) is 43.9. The van der Waals surface area contributed by atoms with Crippen LogP contribution < -0.4 is 20.7 Å². The summed E-state index contributed by atoms with van der Waals surface area (Å²) in [5, 5.41) is 7.77. The molecule has 47 heavy (non-hydrogen) atoms. The fraction of sp³-hybridized carbons (Fsp3) is 0.182. The molecular weight excluding hydrogens is 617 g/mol. The fourth-order valence-electron chi connectivity index (χ4n) is 4.56. The maximum Gasteiger partial charge on any atom is 0.330 e. The SMILES string of the molecule is C=[N+]1C=CC=C(C(=O)NCCCOCc2cc3c(Oc4ccc(NC(=O)NC(=O)Cc5ccc(F)cc5)cc4F)ccnc3[nH]2)C1F. The first-order valence-electron chi connectivity index (χ1n) is 14.4. The monoisotopic (exact) mass is 647 g/mol. The van der Waals surface area contributed by atoms with Gasteiger partial charge >= 0.3 is 12.3 Å². The van der Waals surface area contributed by atoms with E-state index in [2.05, 4.69) is 32.6 Å². The van der Waals surface area contributed by atoms with E-state index in [9.17, 15) is 27.6 Å². The van der Waals surface area contributed by atoms with Gasteiger partial charge in [0, 0.05) is 42.9 Å². The van der Waals surface area contributed by atoms with Crippen molar-refractivity contribution in [3.8, 4) is 11.5 Å². The van der Waals surface area contributed by atoms with E-state index in [1.54, 1.807) is 18.2 Å². The van der Waals surface area contributed by atoms with E-state index in [4.69, 9.17) is 9.47 Å². The Morgan fingerprint density at radius 2 is 1.85 bits per heavy atom. The van der Waals surface area contributed by atoms with Crippen molar-refractivity contribution < 1.29 is 41.6 Å². The summed E-state index contributed by atoms with van der Waals surface area (Å²) in [5.41, 5.74) is 1.76. The number of aromatic nitrogens is 2. The van der Waals surface area contributed by atoms with Crippen molar-refractivity contribution in [1.82, 2.24) is 20.6 Å². The van der Waals surface area contributed by atoms with Crippen LogP contribution in [0.1, 0.15) is 17.7 Å². The highest BCUT2D eigenvalue weighted by Crippen LogP contribution is 2.32. The zero-order valence-corrected chi connectivity index (χ0v) is 24.9.